The molecule has 0 aliphatic rings. The Balaban J connectivity index is 1.13. The van der Waals surface area contributed by atoms with E-state index in [1.54, 1.807) is 0 Å². The first-order valence-corrected chi connectivity index (χ1v) is 21.0. The van der Waals surface area contributed by atoms with Crippen molar-refractivity contribution in [1.29, 1.82) is 0 Å². The van der Waals surface area contributed by atoms with Crippen LogP contribution < -0.4 is 4.90 Å². The van der Waals surface area contributed by atoms with Gasteiger partial charge in [-0.05, 0) is 119 Å². The highest BCUT2D eigenvalue weighted by Gasteiger charge is 2.23. The minimum absolute atomic E-state index is 1.08. The SMILES string of the molecule is c1ccc(-c2ccccc2-c2c(-c3ccccc3)cccc2N(c2ccc(-c3ccc4c(ccc5ccccc54)c3)cc2)c2cccc(-c3cccc4ccccc34)c2)cc1. The van der Waals surface area contributed by atoms with Gasteiger partial charge in [0.25, 0.3) is 0 Å². The van der Waals surface area contributed by atoms with E-state index >= 15 is 0 Å². The average molecular weight is 776 g/mol. The molecule has 0 amide bonds. The minimum Gasteiger partial charge on any atom is -0.310 e. The van der Waals surface area contributed by atoms with Crippen LogP contribution in [0.3, 0.4) is 0 Å². The van der Waals surface area contributed by atoms with E-state index in [1.807, 2.05) is 0 Å². The molecule has 0 aliphatic heterocycles. The Kier molecular flexibility index (Phi) is 9.26. The van der Waals surface area contributed by atoms with Crippen molar-refractivity contribution < 1.29 is 0 Å². The normalized spacial score (nSPS) is 11.3. The van der Waals surface area contributed by atoms with Gasteiger partial charge < -0.3 is 4.90 Å². The molecule has 11 rings (SSSR count). The third kappa shape index (κ3) is 6.73. The monoisotopic (exact) mass is 775 g/mol. The van der Waals surface area contributed by atoms with Crippen molar-refractivity contribution in [3.8, 4) is 55.6 Å². The first-order chi connectivity index (χ1) is 30.3. The second kappa shape index (κ2) is 15.6. The Bertz CT molecular complexity index is 3340. The van der Waals surface area contributed by atoms with Crippen LogP contribution in [0.1, 0.15) is 0 Å². The quantitative estimate of drug-likeness (QED) is 0.139. The van der Waals surface area contributed by atoms with E-state index in [1.165, 1.54) is 88.0 Å². The lowest BCUT2D eigenvalue weighted by atomic mass is 9.87. The molecule has 0 bridgehead atoms. The summed E-state index contributed by atoms with van der Waals surface area (Å²) in [7, 11) is 0. The lowest BCUT2D eigenvalue weighted by Crippen LogP contribution is -2.12. The Morgan fingerprint density at radius 3 is 1.54 bits per heavy atom. The summed E-state index contributed by atoms with van der Waals surface area (Å²) in [6, 6.07) is 90.6. The van der Waals surface area contributed by atoms with E-state index in [4.69, 9.17) is 0 Å². The molecule has 0 atom stereocenters. The van der Waals surface area contributed by atoms with E-state index in [2.05, 4.69) is 254 Å². The van der Waals surface area contributed by atoms with Crippen LogP contribution in [-0.2, 0) is 0 Å². The van der Waals surface area contributed by atoms with Crippen molar-refractivity contribution in [1.82, 2.24) is 0 Å². The maximum Gasteiger partial charge on any atom is 0.0546 e. The second-order valence-corrected chi connectivity index (χ2v) is 15.7. The van der Waals surface area contributed by atoms with Gasteiger partial charge in [0.05, 0.1) is 5.69 Å². The van der Waals surface area contributed by atoms with Gasteiger partial charge in [-0.15, -0.1) is 0 Å². The van der Waals surface area contributed by atoms with Crippen LogP contribution in [0.15, 0.2) is 249 Å². The molecule has 0 heterocycles. The van der Waals surface area contributed by atoms with Crippen LogP contribution in [0.25, 0.3) is 88.0 Å². The first-order valence-electron chi connectivity index (χ1n) is 21.0. The highest BCUT2D eigenvalue weighted by atomic mass is 15.1. The third-order valence-corrected chi connectivity index (χ3v) is 12.1. The molecule has 0 unspecified atom stereocenters. The number of rotatable bonds is 8. The molecule has 0 saturated heterocycles. The van der Waals surface area contributed by atoms with Gasteiger partial charge in [0.1, 0.15) is 0 Å². The van der Waals surface area contributed by atoms with Gasteiger partial charge >= 0.3 is 0 Å². The summed E-state index contributed by atoms with van der Waals surface area (Å²) < 4.78 is 0. The summed E-state index contributed by atoms with van der Waals surface area (Å²) in [6.07, 6.45) is 0. The van der Waals surface area contributed by atoms with Crippen molar-refractivity contribution in [2.45, 2.75) is 0 Å². The predicted octanol–water partition coefficient (Wildman–Crippen LogP) is 17.0. The number of hydrogen-bond donors (Lipinski definition) is 0. The molecule has 11 aromatic carbocycles. The number of anilines is 3. The van der Waals surface area contributed by atoms with E-state index in [9.17, 15) is 0 Å². The molecular formula is C60H41N. The molecule has 0 aromatic heterocycles. The molecule has 61 heavy (non-hydrogen) atoms. The maximum absolute atomic E-state index is 2.45. The summed E-state index contributed by atoms with van der Waals surface area (Å²) in [6.45, 7) is 0. The smallest absolute Gasteiger partial charge is 0.0546 e. The summed E-state index contributed by atoms with van der Waals surface area (Å²) in [5.41, 5.74) is 15.1. The van der Waals surface area contributed by atoms with Crippen molar-refractivity contribution in [2.75, 3.05) is 4.90 Å². The maximum atomic E-state index is 2.45. The summed E-state index contributed by atoms with van der Waals surface area (Å²) in [5, 5.41) is 7.54. The number of benzene rings is 11. The molecule has 0 saturated carbocycles. The molecular weight excluding hydrogens is 735 g/mol. The Hall–Kier alpha value is -8.00. The zero-order valence-electron chi connectivity index (χ0n) is 33.6. The highest BCUT2D eigenvalue weighted by Crippen LogP contribution is 2.48. The Morgan fingerprint density at radius 1 is 0.230 bits per heavy atom. The molecule has 286 valence electrons. The summed E-state index contributed by atoms with van der Waals surface area (Å²) in [4.78, 5) is 2.45. The fraction of sp³-hybridized carbons (Fsp3) is 0. The fourth-order valence-electron chi connectivity index (χ4n) is 9.15. The fourth-order valence-corrected chi connectivity index (χ4v) is 9.15. The lowest BCUT2D eigenvalue weighted by Gasteiger charge is -2.30. The first kappa shape index (κ1) is 36.1. The third-order valence-electron chi connectivity index (χ3n) is 12.1. The van der Waals surface area contributed by atoms with Gasteiger partial charge in [0.2, 0.25) is 0 Å². The molecule has 0 N–H and O–H groups in total. The Morgan fingerprint density at radius 2 is 0.754 bits per heavy atom. The largest absolute Gasteiger partial charge is 0.310 e. The highest BCUT2D eigenvalue weighted by molar-refractivity contribution is 6.08. The molecule has 0 fully saturated rings. The van der Waals surface area contributed by atoms with E-state index in [0.717, 1.165) is 17.1 Å². The van der Waals surface area contributed by atoms with Gasteiger partial charge in [-0.25, -0.2) is 0 Å². The number of fused-ring (bicyclic) bond motifs is 4. The zero-order valence-corrected chi connectivity index (χ0v) is 33.6. The van der Waals surface area contributed by atoms with Gasteiger partial charge in [-0.3, -0.25) is 0 Å². The molecule has 1 heteroatoms. The van der Waals surface area contributed by atoms with Crippen molar-refractivity contribution in [3.63, 3.8) is 0 Å². The second-order valence-electron chi connectivity index (χ2n) is 15.7. The van der Waals surface area contributed by atoms with Crippen LogP contribution in [0.2, 0.25) is 0 Å². The van der Waals surface area contributed by atoms with Crippen LogP contribution in [0, 0.1) is 0 Å². The Labute approximate surface area is 357 Å². The van der Waals surface area contributed by atoms with Gasteiger partial charge in [-0.1, -0.05) is 212 Å². The van der Waals surface area contributed by atoms with E-state index < -0.39 is 0 Å². The number of nitrogens with zero attached hydrogens (tertiary/aromatic N) is 1. The topological polar surface area (TPSA) is 3.24 Å². The van der Waals surface area contributed by atoms with Crippen LogP contribution >= 0.6 is 0 Å². The zero-order chi connectivity index (χ0) is 40.5. The molecule has 11 aromatic rings. The van der Waals surface area contributed by atoms with E-state index in [0.29, 0.717) is 0 Å². The molecule has 0 spiro atoms. The average Bonchev–Trinajstić information content (AvgIpc) is 3.34. The van der Waals surface area contributed by atoms with Gasteiger partial charge in [0, 0.05) is 16.9 Å². The summed E-state index contributed by atoms with van der Waals surface area (Å²) in [5.74, 6) is 0. The van der Waals surface area contributed by atoms with Gasteiger partial charge in [-0.2, -0.15) is 0 Å². The number of hydrogen-bond acceptors (Lipinski definition) is 1. The van der Waals surface area contributed by atoms with Crippen LogP contribution in [0.5, 0.6) is 0 Å². The van der Waals surface area contributed by atoms with Crippen molar-refractivity contribution >= 4 is 49.4 Å². The molecule has 0 radical (unpaired) electrons. The standard InChI is InChI=1S/C60H41N/c1-3-16-43(17-4-1)54-27-11-12-28-58(54)60-57(45-18-5-2-6-19-45)30-15-31-59(60)61(51-24-13-23-48(41-51)55-29-14-22-44-20-7-9-25-52(44)55)50-37-34-42(35-38-50)47-36-39-56-49(40-47)33-32-46-21-8-10-26-53(46)56/h1-41H. The lowest BCUT2D eigenvalue weighted by molar-refractivity contribution is 1.28. The minimum atomic E-state index is 1.08. The molecule has 0 aliphatic carbocycles. The van der Waals surface area contributed by atoms with Crippen LogP contribution in [0.4, 0.5) is 17.1 Å². The van der Waals surface area contributed by atoms with Crippen molar-refractivity contribution in [3.05, 3.63) is 249 Å². The predicted molar refractivity (Wildman–Crippen MR) is 261 cm³/mol. The summed E-state index contributed by atoms with van der Waals surface area (Å²) >= 11 is 0. The van der Waals surface area contributed by atoms with Gasteiger partial charge in [0.15, 0.2) is 0 Å². The van der Waals surface area contributed by atoms with Crippen molar-refractivity contribution in [2.24, 2.45) is 0 Å². The van der Waals surface area contributed by atoms with E-state index in [-0.39, 0.29) is 0 Å². The molecule has 1 nitrogen and oxygen atoms in total. The van der Waals surface area contributed by atoms with Crippen LogP contribution in [-0.4, -0.2) is 0 Å².